The molecule has 5 nitrogen and oxygen atoms in total. The molecule has 2 aromatic heterocycles. The van der Waals surface area contributed by atoms with Crippen LogP contribution in [0, 0.1) is 12.7 Å². The molecule has 158 valence electrons. The summed E-state index contributed by atoms with van der Waals surface area (Å²) in [5.74, 6) is 1.16. The van der Waals surface area contributed by atoms with Crippen LogP contribution in [0.4, 0.5) is 4.39 Å². The third kappa shape index (κ3) is 3.71. The average Bonchev–Trinajstić information content (AvgIpc) is 3.20. The molecule has 7 heteroatoms. The maximum Gasteiger partial charge on any atom is 0.266 e. The average molecular weight is 444 g/mol. The van der Waals surface area contributed by atoms with Gasteiger partial charge in [0.1, 0.15) is 11.6 Å². The van der Waals surface area contributed by atoms with E-state index in [0.717, 1.165) is 11.3 Å². The van der Waals surface area contributed by atoms with Gasteiger partial charge < -0.3 is 4.42 Å². The fourth-order valence-electron chi connectivity index (χ4n) is 3.45. The zero-order chi connectivity index (χ0) is 22.1. The molecule has 0 spiro atoms. The van der Waals surface area contributed by atoms with Crippen LogP contribution < -0.4 is 5.56 Å². The number of rotatable bonds is 5. The summed E-state index contributed by atoms with van der Waals surface area (Å²) in [4.78, 5) is 22.6. The molecule has 0 amide bonds. The van der Waals surface area contributed by atoms with Crippen molar-refractivity contribution in [3.05, 3.63) is 106 Å². The van der Waals surface area contributed by atoms with E-state index >= 15 is 0 Å². The molecule has 0 aliphatic rings. The van der Waals surface area contributed by atoms with Crippen molar-refractivity contribution in [1.82, 2.24) is 14.5 Å². The Balaban J connectivity index is 1.56. The second-order valence-electron chi connectivity index (χ2n) is 7.18. The van der Waals surface area contributed by atoms with Gasteiger partial charge in [0.2, 0.25) is 5.89 Å². The summed E-state index contributed by atoms with van der Waals surface area (Å²) in [7, 11) is 0. The molecular weight excluding hydrogens is 425 g/mol. The van der Waals surface area contributed by atoms with Gasteiger partial charge in [0.15, 0.2) is 5.16 Å². The number of thioether (sulfide) groups is 1. The standard InChI is InChI=1S/C25H18FN3O2S/c1-16-21(27-23(31-16)17-9-3-2-4-10-17)15-32-25-28-20-13-7-5-11-18(20)24(30)29(25)22-14-8-6-12-19(22)26/h2-14H,15H2,1H3. The van der Waals surface area contributed by atoms with Crippen LogP contribution in [-0.2, 0) is 5.75 Å². The maximum absolute atomic E-state index is 14.6. The summed E-state index contributed by atoms with van der Waals surface area (Å²) in [6.45, 7) is 1.85. The van der Waals surface area contributed by atoms with Crippen LogP contribution in [-0.4, -0.2) is 14.5 Å². The van der Waals surface area contributed by atoms with E-state index < -0.39 is 5.82 Å². The molecule has 32 heavy (non-hydrogen) atoms. The first-order valence-corrected chi connectivity index (χ1v) is 11.0. The van der Waals surface area contributed by atoms with Crippen molar-refractivity contribution in [1.29, 1.82) is 0 Å². The monoisotopic (exact) mass is 443 g/mol. The number of halogens is 1. The highest BCUT2D eigenvalue weighted by Crippen LogP contribution is 2.28. The third-order valence-corrected chi connectivity index (χ3v) is 6.04. The zero-order valence-corrected chi connectivity index (χ0v) is 18.0. The van der Waals surface area contributed by atoms with Crippen molar-refractivity contribution in [2.45, 2.75) is 17.8 Å². The van der Waals surface area contributed by atoms with E-state index in [1.54, 1.807) is 36.4 Å². The zero-order valence-electron chi connectivity index (χ0n) is 17.2. The Bertz CT molecular complexity index is 1480. The first-order valence-electron chi connectivity index (χ1n) is 10.0. The molecule has 0 saturated carbocycles. The van der Waals surface area contributed by atoms with E-state index in [4.69, 9.17) is 4.42 Å². The minimum atomic E-state index is -0.488. The Labute approximate surface area is 187 Å². The number of hydrogen-bond donors (Lipinski definition) is 0. The van der Waals surface area contributed by atoms with Crippen LogP contribution in [0.5, 0.6) is 0 Å². The lowest BCUT2D eigenvalue weighted by Gasteiger charge is -2.13. The van der Waals surface area contributed by atoms with E-state index in [1.807, 2.05) is 43.3 Å². The largest absolute Gasteiger partial charge is 0.441 e. The Morgan fingerprint density at radius 3 is 2.47 bits per heavy atom. The van der Waals surface area contributed by atoms with Gasteiger partial charge in [-0.3, -0.25) is 9.36 Å². The Kier molecular flexibility index (Phi) is 5.33. The van der Waals surface area contributed by atoms with Crippen LogP contribution in [0.3, 0.4) is 0 Å². The number of para-hydroxylation sites is 2. The first-order chi connectivity index (χ1) is 15.6. The normalized spacial score (nSPS) is 11.2. The summed E-state index contributed by atoms with van der Waals surface area (Å²) in [6, 6.07) is 22.9. The van der Waals surface area contributed by atoms with Gasteiger partial charge in [-0.2, -0.15) is 0 Å². The van der Waals surface area contributed by atoms with Crippen LogP contribution in [0.2, 0.25) is 0 Å². The van der Waals surface area contributed by atoms with E-state index in [9.17, 15) is 9.18 Å². The Morgan fingerprint density at radius 2 is 1.66 bits per heavy atom. The van der Waals surface area contributed by atoms with Gasteiger partial charge >= 0.3 is 0 Å². The Hall–Kier alpha value is -3.71. The van der Waals surface area contributed by atoms with Crippen LogP contribution in [0.1, 0.15) is 11.5 Å². The number of aryl methyl sites for hydroxylation is 1. The summed E-state index contributed by atoms with van der Waals surface area (Å²) in [6.07, 6.45) is 0. The number of fused-ring (bicyclic) bond motifs is 1. The SMILES string of the molecule is Cc1oc(-c2ccccc2)nc1CSc1nc2ccccc2c(=O)n1-c1ccccc1F. The minimum Gasteiger partial charge on any atom is -0.441 e. The van der Waals surface area contributed by atoms with Crippen molar-refractivity contribution < 1.29 is 8.81 Å². The molecule has 5 aromatic rings. The lowest BCUT2D eigenvalue weighted by atomic mass is 10.2. The number of hydrogen-bond acceptors (Lipinski definition) is 5. The molecule has 0 radical (unpaired) electrons. The molecule has 0 fully saturated rings. The fourth-order valence-corrected chi connectivity index (χ4v) is 4.46. The summed E-state index contributed by atoms with van der Waals surface area (Å²) < 4.78 is 21.8. The summed E-state index contributed by atoms with van der Waals surface area (Å²) >= 11 is 1.32. The highest BCUT2D eigenvalue weighted by Gasteiger charge is 2.18. The van der Waals surface area contributed by atoms with Crippen molar-refractivity contribution in [2.75, 3.05) is 0 Å². The molecule has 0 N–H and O–H groups in total. The van der Waals surface area contributed by atoms with Crippen molar-refractivity contribution in [3.63, 3.8) is 0 Å². The van der Waals surface area contributed by atoms with E-state index in [0.29, 0.717) is 33.5 Å². The van der Waals surface area contributed by atoms with Gasteiger partial charge in [0.05, 0.1) is 22.3 Å². The van der Waals surface area contributed by atoms with Gasteiger partial charge in [0, 0.05) is 11.3 Å². The highest BCUT2D eigenvalue weighted by atomic mass is 32.2. The molecule has 5 rings (SSSR count). The van der Waals surface area contributed by atoms with Gasteiger partial charge in [-0.15, -0.1) is 0 Å². The summed E-state index contributed by atoms with van der Waals surface area (Å²) in [5, 5.41) is 0.826. The lowest BCUT2D eigenvalue weighted by Crippen LogP contribution is -2.22. The molecule has 0 bridgehead atoms. The molecule has 3 aromatic carbocycles. The quantitative estimate of drug-likeness (QED) is 0.255. The first kappa shape index (κ1) is 20.2. The van der Waals surface area contributed by atoms with Crippen LogP contribution >= 0.6 is 11.8 Å². The van der Waals surface area contributed by atoms with Crippen LogP contribution in [0.25, 0.3) is 28.0 Å². The molecule has 0 aliphatic heterocycles. The number of nitrogens with zero attached hydrogens (tertiary/aromatic N) is 3. The van der Waals surface area contributed by atoms with Gasteiger partial charge in [-0.05, 0) is 43.3 Å². The highest BCUT2D eigenvalue weighted by molar-refractivity contribution is 7.98. The molecule has 0 aliphatic carbocycles. The van der Waals surface area contributed by atoms with Crippen LogP contribution in [0.15, 0.2) is 93.2 Å². The summed E-state index contributed by atoms with van der Waals surface area (Å²) in [5.41, 5.74) is 2.05. The number of aromatic nitrogens is 3. The lowest BCUT2D eigenvalue weighted by molar-refractivity contribution is 0.540. The maximum atomic E-state index is 14.6. The van der Waals surface area contributed by atoms with Gasteiger partial charge in [0.25, 0.3) is 5.56 Å². The number of benzene rings is 3. The topological polar surface area (TPSA) is 60.9 Å². The molecule has 2 heterocycles. The minimum absolute atomic E-state index is 0.167. The van der Waals surface area contributed by atoms with E-state index in [-0.39, 0.29) is 11.2 Å². The van der Waals surface area contributed by atoms with Crippen molar-refractivity contribution in [3.8, 4) is 17.1 Å². The fraction of sp³-hybridized carbons (Fsp3) is 0.0800. The molecule has 0 atom stereocenters. The van der Waals surface area contributed by atoms with E-state index in [2.05, 4.69) is 9.97 Å². The second-order valence-corrected chi connectivity index (χ2v) is 8.12. The predicted octanol–water partition coefficient (Wildman–Crippen LogP) is 5.78. The molecule has 0 saturated heterocycles. The predicted molar refractivity (Wildman–Crippen MR) is 124 cm³/mol. The molecule has 0 unspecified atom stereocenters. The van der Waals surface area contributed by atoms with Gasteiger partial charge in [-0.25, -0.2) is 14.4 Å². The van der Waals surface area contributed by atoms with Gasteiger partial charge in [-0.1, -0.05) is 54.2 Å². The second kappa shape index (κ2) is 8.43. The van der Waals surface area contributed by atoms with Crippen molar-refractivity contribution >= 4 is 22.7 Å². The smallest absolute Gasteiger partial charge is 0.266 e. The Morgan fingerprint density at radius 1 is 0.938 bits per heavy atom. The van der Waals surface area contributed by atoms with E-state index in [1.165, 1.54) is 22.4 Å². The molecular formula is C25H18FN3O2S. The third-order valence-electron chi connectivity index (χ3n) is 5.09. The number of oxazole rings is 1. The van der Waals surface area contributed by atoms with Crippen molar-refractivity contribution in [2.24, 2.45) is 0 Å².